The van der Waals surface area contributed by atoms with Crippen LogP contribution in [0.5, 0.6) is 5.75 Å². The number of carbonyl (C=O) groups is 1. The van der Waals surface area contributed by atoms with E-state index < -0.39 is 0 Å². The van der Waals surface area contributed by atoms with Gasteiger partial charge in [-0.25, -0.2) is 0 Å². The minimum Gasteiger partial charge on any atom is -0.497 e. The van der Waals surface area contributed by atoms with Gasteiger partial charge in [0.1, 0.15) is 5.75 Å². The number of nitrogens with one attached hydrogen (secondary N) is 1. The van der Waals surface area contributed by atoms with E-state index in [9.17, 15) is 4.79 Å². The van der Waals surface area contributed by atoms with Gasteiger partial charge in [-0.2, -0.15) is 0 Å². The lowest BCUT2D eigenvalue weighted by Gasteiger charge is -2.13. The van der Waals surface area contributed by atoms with E-state index in [2.05, 4.69) is 5.32 Å². The maximum Gasteiger partial charge on any atom is 0.220 e. The van der Waals surface area contributed by atoms with Crippen LogP contribution in [0.4, 0.5) is 0 Å². The lowest BCUT2D eigenvalue weighted by atomic mass is 10.1. The summed E-state index contributed by atoms with van der Waals surface area (Å²) in [7, 11) is 1.65. The number of benzene rings is 2. The molecule has 4 nitrogen and oxygen atoms in total. The van der Waals surface area contributed by atoms with E-state index in [1.54, 1.807) is 18.9 Å². The second-order valence-electron chi connectivity index (χ2n) is 5.10. The molecular formula is C18H22N2O2S. The molecule has 0 saturated carbocycles. The summed E-state index contributed by atoms with van der Waals surface area (Å²) >= 11 is 1.65. The van der Waals surface area contributed by atoms with E-state index in [1.165, 1.54) is 0 Å². The van der Waals surface area contributed by atoms with Crippen molar-refractivity contribution >= 4 is 17.7 Å². The van der Waals surface area contributed by atoms with Gasteiger partial charge >= 0.3 is 0 Å². The Hall–Kier alpha value is -1.98. The van der Waals surface area contributed by atoms with Gasteiger partial charge in [0.25, 0.3) is 0 Å². The minimum absolute atomic E-state index is 0.0254. The number of nitrogens with two attached hydrogens (primary N) is 1. The molecule has 0 aliphatic carbocycles. The van der Waals surface area contributed by atoms with Gasteiger partial charge in [-0.3, -0.25) is 4.79 Å². The predicted octanol–water partition coefficient (Wildman–Crippen LogP) is 2.99. The standard InChI is InChI=1S/C18H22N2O2S/c1-22-15-7-9-16(10-8-15)23-12-11-18(21)20-13-17(19)14-5-3-2-4-6-14/h2-10,17H,11-13,19H2,1H3,(H,20,21). The van der Waals surface area contributed by atoms with Crippen molar-refractivity contribution in [3.05, 3.63) is 60.2 Å². The minimum atomic E-state index is -0.172. The SMILES string of the molecule is COc1ccc(SCCC(=O)NCC(N)c2ccccc2)cc1. The lowest BCUT2D eigenvalue weighted by molar-refractivity contribution is -0.120. The average Bonchev–Trinajstić information content (AvgIpc) is 2.61. The second kappa shape index (κ2) is 9.22. The molecule has 1 amide bonds. The van der Waals surface area contributed by atoms with E-state index in [4.69, 9.17) is 10.5 Å². The largest absolute Gasteiger partial charge is 0.497 e. The van der Waals surface area contributed by atoms with E-state index in [-0.39, 0.29) is 11.9 Å². The molecule has 0 fully saturated rings. The third-order valence-corrected chi connectivity index (χ3v) is 4.42. The van der Waals surface area contributed by atoms with Crippen molar-refractivity contribution in [2.24, 2.45) is 5.73 Å². The summed E-state index contributed by atoms with van der Waals surface area (Å²) in [5.41, 5.74) is 7.09. The van der Waals surface area contributed by atoms with Crippen LogP contribution in [0.1, 0.15) is 18.0 Å². The molecule has 1 atom stereocenters. The van der Waals surface area contributed by atoms with Crippen molar-refractivity contribution in [3.63, 3.8) is 0 Å². The molecule has 2 aromatic rings. The van der Waals surface area contributed by atoms with Gasteiger partial charge in [0.05, 0.1) is 7.11 Å². The molecular weight excluding hydrogens is 308 g/mol. The fourth-order valence-corrected chi connectivity index (χ4v) is 2.92. The summed E-state index contributed by atoms with van der Waals surface area (Å²) in [6, 6.07) is 17.4. The molecule has 1 unspecified atom stereocenters. The first-order chi connectivity index (χ1) is 11.2. The highest BCUT2D eigenvalue weighted by Gasteiger charge is 2.08. The van der Waals surface area contributed by atoms with Gasteiger partial charge in [0.2, 0.25) is 5.91 Å². The number of hydrogen-bond donors (Lipinski definition) is 2. The molecule has 2 aromatic carbocycles. The Bertz CT molecular complexity index is 602. The number of amides is 1. The third kappa shape index (κ3) is 5.96. The molecule has 0 saturated heterocycles. The molecule has 5 heteroatoms. The molecule has 122 valence electrons. The van der Waals surface area contributed by atoms with Crippen molar-refractivity contribution in [3.8, 4) is 5.75 Å². The first-order valence-electron chi connectivity index (χ1n) is 7.53. The van der Waals surface area contributed by atoms with Crippen LogP contribution in [0.15, 0.2) is 59.5 Å². The van der Waals surface area contributed by atoms with Crippen LogP contribution in [0.25, 0.3) is 0 Å². The lowest BCUT2D eigenvalue weighted by Crippen LogP contribution is -2.32. The molecule has 0 spiro atoms. The normalized spacial score (nSPS) is 11.7. The Labute approximate surface area is 141 Å². The van der Waals surface area contributed by atoms with Crippen LogP contribution >= 0.6 is 11.8 Å². The van der Waals surface area contributed by atoms with Crippen LogP contribution in [-0.4, -0.2) is 25.3 Å². The van der Waals surface area contributed by atoms with Crippen molar-refractivity contribution in [2.75, 3.05) is 19.4 Å². The van der Waals surface area contributed by atoms with Crippen molar-refractivity contribution < 1.29 is 9.53 Å². The Balaban J connectivity index is 1.66. The van der Waals surface area contributed by atoms with E-state index in [1.807, 2.05) is 54.6 Å². The molecule has 0 heterocycles. The number of ether oxygens (including phenoxy) is 1. The third-order valence-electron chi connectivity index (χ3n) is 3.40. The van der Waals surface area contributed by atoms with Gasteiger partial charge < -0.3 is 15.8 Å². The highest BCUT2D eigenvalue weighted by atomic mass is 32.2. The smallest absolute Gasteiger partial charge is 0.220 e. The molecule has 0 bridgehead atoms. The van der Waals surface area contributed by atoms with Gasteiger partial charge in [0, 0.05) is 29.7 Å². The maximum absolute atomic E-state index is 11.9. The highest BCUT2D eigenvalue weighted by Crippen LogP contribution is 2.21. The fourth-order valence-electron chi connectivity index (χ4n) is 2.06. The average molecular weight is 330 g/mol. The zero-order chi connectivity index (χ0) is 16.5. The van der Waals surface area contributed by atoms with E-state index in [0.717, 1.165) is 22.0 Å². The van der Waals surface area contributed by atoms with Crippen LogP contribution in [0, 0.1) is 0 Å². The quantitative estimate of drug-likeness (QED) is 0.730. The molecule has 0 aromatic heterocycles. The summed E-state index contributed by atoms with van der Waals surface area (Å²) in [4.78, 5) is 13.0. The first kappa shape index (κ1) is 17.4. The van der Waals surface area contributed by atoms with Crippen LogP contribution in [0.3, 0.4) is 0 Å². The molecule has 23 heavy (non-hydrogen) atoms. The van der Waals surface area contributed by atoms with Crippen molar-refractivity contribution in [2.45, 2.75) is 17.4 Å². The van der Waals surface area contributed by atoms with Crippen molar-refractivity contribution in [1.82, 2.24) is 5.32 Å². The monoisotopic (exact) mass is 330 g/mol. The summed E-state index contributed by atoms with van der Waals surface area (Å²) in [6.07, 6.45) is 0.470. The number of methoxy groups -OCH3 is 1. The first-order valence-corrected chi connectivity index (χ1v) is 8.51. The Morgan fingerprint density at radius 1 is 1.17 bits per heavy atom. The summed E-state index contributed by atoms with van der Waals surface area (Å²) in [6.45, 7) is 0.454. The van der Waals surface area contributed by atoms with Gasteiger partial charge in [-0.15, -0.1) is 11.8 Å². The van der Waals surface area contributed by atoms with Crippen LogP contribution < -0.4 is 15.8 Å². The van der Waals surface area contributed by atoms with E-state index >= 15 is 0 Å². The summed E-state index contributed by atoms with van der Waals surface area (Å²) in [5.74, 6) is 1.60. The number of thioether (sulfide) groups is 1. The predicted molar refractivity (Wildman–Crippen MR) is 94.7 cm³/mol. The Kier molecular flexibility index (Phi) is 6.97. The van der Waals surface area contributed by atoms with Gasteiger partial charge in [-0.05, 0) is 29.8 Å². The fraction of sp³-hybridized carbons (Fsp3) is 0.278. The zero-order valence-electron chi connectivity index (χ0n) is 13.2. The second-order valence-corrected chi connectivity index (χ2v) is 6.26. The summed E-state index contributed by atoms with van der Waals surface area (Å²) < 4.78 is 5.12. The van der Waals surface area contributed by atoms with Gasteiger partial charge in [0.15, 0.2) is 0 Å². The van der Waals surface area contributed by atoms with Gasteiger partial charge in [-0.1, -0.05) is 30.3 Å². The number of hydrogen-bond acceptors (Lipinski definition) is 4. The maximum atomic E-state index is 11.9. The topological polar surface area (TPSA) is 64.3 Å². The Morgan fingerprint density at radius 2 is 1.87 bits per heavy atom. The van der Waals surface area contributed by atoms with E-state index in [0.29, 0.717) is 13.0 Å². The Morgan fingerprint density at radius 3 is 2.52 bits per heavy atom. The van der Waals surface area contributed by atoms with Crippen LogP contribution in [-0.2, 0) is 4.79 Å². The number of carbonyl (C=O) groups excluding carboxylic acids is 1. The molecule has 3 N–H and O–H groups in total. The molecule has 2 rings (SSSR count). The summed E-state index contributed by atoms with van der Waals surface area (Å²) in [5, 5.41) is 2.89. The van der Waals surface area contributed by atoms with Crippen LogP contribution in [0.2, 0.25) is 0 Å². The molecule has 0 aliphatic heterocycles. The van der Waals surface area contributed by atoms with Crippen molar-refractivity contribution in [1.29, 1.82) is 0 Å². The zero-order valence-corrected chi connectivity index (χ0v) is 14.0. The molecule has 0 aliphatic rings. The molecule has 0 radical (unpaired) electrons. The highest BCUT2D eigenvalue weighted by molar-refractivity contribution is 7.99. The number of rotatable bonds is 8.